The van der Waals surface area contributed by atoms with Gasteiger partial charge in [0.1, 0.15) is 0 Å². The molecule has 3 aromatic rings. The van der Waals surface area contributed by atoms with E-state index < -0.39 is 0 Å². The molecule has 1 heterocycles. The van der Waals surface area contributed by atoms with Crippen LogP contribution in [0.4, 0.5) is 5.95 Å². The molecule has 0 saturated carbocycles. The fourth-order valence-electron chi connectivity index (χ4n) is 1.73. The van der Waals surface area contributed by atoms with Crippen molar-refractivity contribution in [1.82, 2.24) is 9.97 Å². The van der Waals surface area contributed by atoms with Gasteiger partial charge in [-0.25, -0.2) is 15.4 Å². The van der Waals surface area contributed by atoms with E-state index in [1.165, 1.54) is 0 Å². The van der Waals surface area contributed by atoms with Crippen LogP contribution in [0.5, 0.6) is 0 Å². The minimum absolute atomic E-state index is 0.492. The van der Waals surface area contributed by atoms with Crippen LogP contribution in [-0.2, 0) is 0 Å². The third kappa shape index (κ3) is 2.74. The van der Waals surface area contributed by atoms with Crippen LogP contribution in [0.2, 0.25) is 0 Å². The standard InChI is InChI=1S/C15H12N4/c1-2-6-12(7-3-1)10-17-19-15-16-11-13-8-4-5-9-14(13)18-15/h1-11H,(H,16,18,19)/b17-10-. The number of rotatable bonds is 3. The second-order valence-electron chi connectivity index (χ2n) is 4.03. The average Bonchev–Trinajstić information content (AvgIpc) is 2.48. The highest BCUT2D eigenvalue weighted by molar-refractivity contribution is 5.80. The fourth-order valence-corrected chi connectivity index (χ4v) is 1.73. The molecule has 19 heavy (non-hydrogen) atoms. The minimum atomic E-state index is 0.492. The third-order valence-corrected chi connectivity index (χ3v) is 2.67. The van der Waals surface area contributed by atoms with Crippen LogP contribution in [0.25, 0.3) is 10.9 Å². The Bertz CT molecular complexity index is 707. The van der Waals surface area contributed by atoms with Crippen molar-refractivity contribution in [2.24, 2.45) is 5.10 Å². The van der Waals surface area contributed by atoms with Gasteiger partial charge in [-0.15, -0.1) is 0 Å². The number of hydrazone groups is 1. The molecule has 0 fully saturated rings. The highest BCUT2D eigenvalue weighted by atomic mass is 15.3. The summed E-state index contributed by atoms with van der Waals surface area (Å²) >= 11 is 0. The van der Waals surface area contributed by atoms with Gasteiger partial charge < -0.3 is 0 Å². The van der Waals surface area contributed by atoms with Crippen LogP contribution < -0.4 is 5.43 Å². The molecule has 0 unspecified atom stereocenters. The van der Waals surface area contributed by atoms with Crippen LogP contribution in [-0.4, -0.2) is 16.2 Å². The Morgan fingerprint density at radius 2 is 1.74 bits per heavy atom. The molecule has 0 aliphatic carbocycles. The first kappa shape index (κ1) is 11.3. The summed E-state index contributed by atoms with van der Waals surface area (Å²) < 4.78 is 0. The summed E-state index contributed by atoms with van der Waals surface area (Å²) in [6.45, 7) is 0. The van der Waals surface area contributed by atoms with Gasteiger partial charge in [0.25, 0.3) is 0 Å². The number of anilines is 1. The van der Waals surface area contributed by atoms with Crippen LogP contribution in [0.3, 0.4) is 0 Å². The predicted octanol–water partition coefficient (Wildman–Crippen LogP) is 3.08. The molecular formula is C15H12N4. The second-order valence-corrected chi connectivity index (χ2v) is 4.03. The van der Waals surface area contributed by atoms with Crippen molar-refractivity contribution < 1.29 is 0 Å². The predicted molar refractivity (Wildman–Crippen MR) is 77.2 cm³/mol. The van der Waals surface area contributed by atoms with Crippen LogP contribution in [0, 0.1) is 0 Å². The van der Waals surface area contributed by atoms with E-state index in [-0.39, 0.29) is 0 Å². The normalized spacial score (nSPS) is 10.9. The first-order valence-corrected chi connectivity index (χ1v) is 5.98. The van der Waals surface area contributed by atoms with Gasteiger partial charge in [0.2, 0.25) is 5.95 Å². The smallest absolute Gasteiger partial charge is 0.244 e. The Morgan fingerprint density at radius 3 is 2.63 bits per heavy atom. The maximum absolute atomic E-state index is 4.37. The maximum Gasteiger partial charge on any atom is 0.244 e. The lowest BCUT2D eigenvalue weighted by molar-refractivity contribution is 1.15. The first-order chi connectivity index (χ1) is 9.42. The Kier molecular flexibility index (Phi) is 3.14. The van der Waals surface area contributed by atoms with Gasteiger partial charge in [-0.1, -0.05) is 48.5 Å². The molecule has 0 spiro atoms. The van der Waals surface area contributed by atoms with E-state index in [0.29, 0.717) is 5.95 Å². The number of nitrogens with zero attached hydrogens (tertiary/aromatic N) is 3. The molecule has 3 rings (SSSR count). The van der Waals surface area contributed by atoms with Crippen molar-refractivity contribution in [2.75, 3.05) is 5.43 Å². The van der Waals surface area contributed by atoms with Gasteiger partial charge in [-0.05, 0) is 11.6 Å². The fraction of sp³-hybridized carbons (Fsp3) is 0. The molecule has 1 aromatic heterocycles. The number of para-hydroxylation sites is 1. The highest BCUT2D eigenvalue weighted by Gasteiger charge is 1.96. The quantitative estimate of drug-likeness (QED) is 0.572. The number of hydrogen-bond donors (Lipinski definition) is 1. The van der Waals surface area contributed by atoms with Gasteiger partial charge in [-0.2, -0.15) is 5.10 Å². The van der Waals surface area contributed by atoms with Crippen molar-refractivity contribution in [1.29, 1.82) is 0 Å². The third-order valence-electron chi connectivity index (χ3n) is 2.67. The van der Waals surface area contributed by atoms with Gasteiger partial charge in [0.05, 0.1) is 11.7 Å². The molecule has 4 nitrogen and oxygen atoms in total. The second kappa shape index (κ2) is 5.27. The van der Waals surface area contributed by atoms with Crippen molar-refractivity contribution in [3.8, 4) is 0 Å². The largest absolute Gasteiger partial charge is 0.245 e. The molecule has 0 atom stereocenters. The summed E-state index contributed by atoms with van der Waals surface area (Å²) in [4.78, 5) is 8.57. The summed E-state index contributed by atoms with van der Waals surface area (Å²) in [5, 5.41) is 5.13. The Labute approximate surface area is 110 Å². The van der Waals surface area contributed by atoms with E-state index >= 15 is 0 Å². The first-order valence-electron chi connectivity index (χ1n) is 5.98. The van der Waals surface area contributed by atoms with Crippen molar-refractivity contribution in [2.45, 2.75) is 0 Å². The van der Waals surface area contributed by atoms with E-state index in [1.54, 1.807) is 12.4 Å². The maximum atomic E-state index is 4.37. The molecule has 2 aromatic carbocycles. The molecule has 0 radical (unpaired) electrons. The molecule has 1 N–H and O–H groups in total. The summed E-state index contributed by atoms with van der Waals surface area (Å²) in [5.74, 6) is 0.492. The Balaban J connectivity index is 1.77. The van der Waals surface area contributed by atoms with E-state index in [0.717, 1.165) is 16.5 Å². The van der Waals surface area contributed by atoms with Crippen LogP contribution >= 0.6 is 0 Å². The summed E-state index contributed by atoms with van der Waals surface area (Å²) in [7, 11) is 0. The van der Waals surface area contributed by atoms with Crippen LogP contribution in [0.1, 0.15) is 5.56 Å². The summed E-state index contributed by atoms with van der Waals surface area (Å²) in [6.07, 6.45) is 3.52. The molecule has 0 bridgehead atoms. The van der Waals surface area contributed by atoms with Crippen molar-refractivity contribution in [3.05, 3.63) is 66.4 Å². The minimum Gasteiger partial charge on any atom is -0.245 e. The number of hydrogen-bond acceptors (Lipinski definition) is 4. The molecule has 4 heteroatoms. The molecule has 0 saturated heterocycles. The van der Waals surface area contributed by atoms with E-state index in [2.05, 4.69) is 20.5 Å². The van der Waals surface area contributed by atoms with Gasteiger partial charge >= 0.3 is 0 Å². The lowest BCUT2D eigenvalue weighted by atomic mass is 10.2. The summed E-state index contributed by atoms with van der Waals surface area (Å²) in [6, 6.07) is 17.7. The molecule has 92 valence electrons. The average molecular weight is 248 g/mol. The Hall–Kier alpha value is -2.75. The van der Waals surface area contributed by atoms with E-state index in [9.17, 15) is 0 Å². The van der Waals surface area contributed by atoms with Gasteiger partial charge in [0, 0.05) is 11.6 Å². The summed E-state index contributed by atoms with van der Waals surface area (Å²) in [5.41, 5.74) is 4.75. The van der Waals surface area contributed by atoms with Gasteiger partial charge in [-0.3, -0.25) is 0 Å². The highest BCUT2D eigenvalue weighted by Crippen LogP contribution is 2.11. The van der Waals surface area contributed by atoms with Crippen molar-refractivity contribution in [3.63, 3.8) is 0 Å². The molecule has 0 amide bonds. The van der Waals surface area contributed by atoms with E-state index in [4.69, 9.17) is 0 Å². The SMILES string of the molecule is C(=N/Nc1ncc2ccccc2n1)/c1ccccc1. The zero-order valence-corrected chi connectivity index (χ0v) is 10.2. The van der Waals surface area contributed by atoms with E-state index in [1.807, 2.05) is 54.6 Å². The van der Waals surface area contributed by atoms with Crippen LogP contribution in [0.15, 0.2) is 65.9 Å². The topological polar surface area (TPSA) is 50.2 Å². The zero-order valence-electron chi connectivity index (χ0n) is 10.2. The monoisotopic (exact) mass is 248 g/mol. The van der Waals surface area contributed by atoms with Gasteiger partial charge in [0.15, 0.2) is 0 Å². The molecular weight excluding hydrogens is 236 g/mol. The lowest BCUT2D eigenvalue weighted by Gasteiger charge is -2.00. The number of aromatic nitrogens is 2. The number of fused-ring (bicyclic) bond motifs is 1. The number of nitrogens with one attached hydrogen (secondary N) is 1. The number of benzene rings is 2. The molecule has 0 aliphatic rings. The Morgan fingerprint density at radius 1 is 0.947 bits per heavy atom. The molecule has 0 aliphatic heterocycles. The van der Waals surface area contributed by atoms with Crippen molar-refractivity contribution >= 4 is 23.1 Å². The zero-order chi connectivity index (χ0) is 12.9. The lowest BCUT2D eigenvalue weighted by Crippen LogP contribution is -1.96.